The molecule has 6 heteroatoms. The monoisotopic (exact) mass is 508 g/mol. The average molecular weight is 509 g/mol. The highest BCUT2D eigenvalue weighted by Gasteiger charge is 2.15. The molecule has 0 fully saturated rings. The van der Waals surface area contributed by atoms with Crippen molar-refractivity contribution in [3.05, 3.63) is 87.9 Å². The van der Waals surface area contributed by atoms with Crippen molar-refractivity contribution in [3.8, 4) is 5.75 Å². The molecule has 0 heterocycles. The Morgan fingerprint density at radius 1 is 0.788 bits per heavy atom. The third kappa shape index (κ3) is 6.68. The molecule has 0 atom stereocenters. The molecule has 2 amide bonds. The third-order valence-electron chi connectivity index (χ3n) is 4.97. The Balaban J connectivity index is 1.61. The fourth-order valence-corrected chi connectivity index (χ4v) is 3.63. The fraction of sp³-hybridized carbons (Fsp3) is 0.259. The van der Waals surface area contributed by atoms with E-state index in [1.165, 1.54) is 5.56 Å². The van der Waals surface area contributed by atoms with Crippen LogP contribution in [0.15, 0.2) is 71.2 Å². The van der Waals surface area contributed by atoms with Gasteiger partial charge in [-0.15, -0.1) is 0 Å². The largest absolute Gasteiger partial charge is 0.490 e. The maximum Gasteiger partial charge on any atom is 0.255 e. The number of carbonyl (C=O) groups is 2. The molecule has 0 unspecified atom stereocenters. The number of anilines is 2. The summed E-state index contributed by atoms with van der Waals surface area (Å²) in [5, 5.41) is 5.75. The van der Waals surface area contributed by atoms with Crippen LogP contribution in [0.2, 0.25) is 0 Å². The van der Waals surface area contributed by atoms with Gasteiger partial charge in [-0.1, -0.05) is 32.9 Å². The zero-order valence-corrected chi connectivity index (χ0v) is 21.1. The molecule has 0 aromatic heterocycles. The van der Waals surface area contributed by atoms with Gasteiger partial charge in [0.2, 0.25) is 0 Å². The molecule has 0 saturated heterocycles. The van der Waals surface area contributed by atoms with Crippen LogP contribution < -0.4 is 15.4 Å². The number of ether oxygens (including phenoxy) is 1. The second-order valence-electron chi connectivity index (χ2n) is 9.12. The molecule has 0 aliphatic rings. The van der Waals surface area contributed by atoms with E-state index in [0.717, 1.165) is 4.47 Å². The normalized spacial score (nSPS) is 11.2. The van der Waals surface area contributed by atoms with Crippen LogP contribution in [0.3, 0.4) is 0 Å². The highest BCUT2D eigenvalue weighted by molar-refractivity contribution is 9.10. The van der Waals surface area contributed by atoms with Gasteiger partial charge in [0.25, 0.3) is 11.8 Å². The number of carbonyl (C=O) groups excluding carboxylic acids is 2. The number of halogens is 1. The van der Waals surface area contributed by atoms with Gasteiger partial charge in [-0.05, 0) is 95.4 Å². The maximum atomic E-state index is 12.6. The van der Waals surface area contributed by atoms with Crippen LogP contribution in [0.25, 0.3) is 0 Å². The van der Waals surface area contributed by atoms with Crippen molar-refractivity contribution < 1.29 is 14.3 Å². The predicted octanol–water partition coefficient (Wildman–Crippen LogP) is 7.04. The van der Waals surface area contributed by atoms with Gasteiger partial charge >= 0.3 is 0 Å². The summed E-state index contributed by atoms with van der Waals surface area (Å²) < 4.78 is 6.40. The van der Waals surface area contributed by atoms with E-state index in [0.29, 0.717) is 28.3 Å². The Kier molecular flexibility index (Phi) is 7.59. The summed E-state index contributed by atoms with van der Waals surface area (Å²) in [6.07, 6.45) is 0.0443. The lowest BCUT2D eigenvalue weighted by Gasteiger charge is -2.19. The smallest absolute Gasteiger partial charge is 0.255 e. The molecule has 0 bridgehead atoms. The molecule has 0 radical (unpaired) electrons. The van der Waals surface area contributed by atoms with Crippen LogP contribution in [0.1, 0.15) is 60.9 Å². The minimum atomic E-state index is -0.234. The first-order valence-electron chi connectivity index (χ1n) is 10.8. The van der Waals surface area contributed by atoms with Gasteiger partial charge in [-0.2, -0.15) is 0 Å². The topological polar surface area (TPSA) is 67.4 Å². The van der Waals surface area contributed by atoms with E-state index in [4.69, 9.17) is 4.74 Å². The molecule has 3 rings (SSSR count). The summed E-state index contributed by atoms with van der Waals surface area (Å²) in [5.41, 5.74) is 3.59. The van der Waals surface area contributed by atoms with Gasteiger partial charge in [0, 0.05) is 22.5 Å². The molecule has 3 aromatic rings. The predicted molar refractivity (Wildman–Crippen MR) is 137 cm³/mol. The van der Waals surface area contributed by atoms with Gasteiger partial charge in [0.15, 0.2) is 0 Å². The number of hydrogen-bond acceptors (Lipinski definition) is 3. The summed E-state index contributed by atoms with van der Waals surface area (Å²) in [4.78, 5) is 25.2. The second-order valence-corrected chi connectivity index (χ2v) is 9.98. The molecule has 33 heavy (non-hydrogen) atoms. The summed E-state index contributed by atoms with van der Waals surface area (Å²) >= 11 is 3.45. The van der Waals surface area contributed by atoms with E-state index >= 15 is 0 Å². The van der Waals surface area contributed by atoms with Crippen LogP contribution in [-0.2, 0) is 5.41 Å². The Hall–Kier alpha value is -3.12. The van der Waals surface area contributed by atoms with E-state index in [2.05, 4.69) is 47.3 Å². The first-order chi connectivity index (χ1) is 15.5. The van der Waals surface area contributed by atoms with Crippen LogP contribution >= 0.6 is 15.9 Å². The molecule has 0 aliphatic heterocycles. The Labute approximate surface area is 203 Å². The van der Waals surface area contributed by atoms with E-state index in [1.54, 1.807) is 42.5 Å². The third-order valence-corrected chi connectivity index (χ3v) is 5.59. The highest BCUT2D eigenvalue weighted by Crippen LogP contribution is 2.27. The summed E-state index contributed by atoms with van der Waals surface area (Å²) in [7, 11) is 0. The van der Waals surface area contributed by atoms with Gasteiger partial charge in [0.05, 0.1) is 10.6 Å². The maximum absolute atomic E-state index is 12.6. The number of hydrogen-bond donors (Lipinski definition) is 2. The number of amides is 2. The summed E-state index contributed by atoms with van der Waals surface area (Å²) in [6.45, 7) is 10.3. The van der Waals surface area contributed by atoms with Gasteiger partial charge in [-0.3, -0.25) is 9.59 Å². The molecule has 3 aromatic carbocycles. The van der Waals surface area contributed by atoms with Gasteiger partial charge in [-0.25, -0.2) is 0 Å². The lowest BCUT2D eigenvalue weighted by molar-refractivity contribution is 0.101. The zero-order chi connectivity index (χ0) is 24.2. The quantitative estimate of drug-likeness (QED) is 0.375. The Morgan fingerprint density at radius 2 is 1.27 bits per heavy atom. The molecule has 0 aliphatic carbocycles. The van der Waals surface area contributed by atoms with Crippen molar-refractivity contribution in [2.75, 3.05) is 10.6 Å². The van der Waals surface area contributed by atoms with Gasteiger partial charge < -0.3 is 15.4 Å². The Bertz CT molecular complexity index is 1130. The lowest BCUT2D eigenvalue weighted by atomic mass is 9.87. The zero-order valence-electron chi connectivity index (χ0n) is 19.5. The van der Waals surface area contributed by atoms with Crippen LogP contribution in [0.5, 0.6) is 5.75 Å². The first-order valence-corrected chi connectivity index (χ1v) is 11.6. The van der Waals surface area contributed by atoms with Gasteiger partial charge in [0.1, 0.15) is 5.75 Å². The fourth-order valence-electron chi connectivity index (χ4n) is 3.16. The standard InChI is InChI=1S/C27H29BrN2O3/c1-17(2)33-24-15-8-19(16-23(24)28)26(32)30-22-13-11-21(12-14-22)29-25(31)18-6-9-20(10-7-18)27(3,4)5/h6-17H,1-5H3,(H,29,31)(H,30,32). The summed E-state index contributed by atoms with van der Waals surface area (Å²) in [6, 6.07) is 19.9. The molecule has 0 spiro atoms. The SMILES string of the molecule is CC(C)Oc1ccc(C(=O)Nc2ccc(NC(=O)c3ccc(C(C)(C)C)cc3)cc2)cc1Br. The van der Waals surface area contributed by atoms with Crippen LogP contribution in [-0.4, -0.2) is 17.9 Å². The number of benzene rings is 3. The van der Waals surface area contributed by atoms with E-state index in [-0.39, 0.29) is 23.3 Å². The minimum Gasteiger partial charge on any atom is -0.490 e. The highest BCUT2D eigenvalue weighted by atomic mass is 79.9. The minimum absolute atomic E-state index is 0.0370. The van der Waals surface area contributed by atoms with Crippen LogP contribution in [0.4, 0.5) is 11.4 Å². The van der Waals surface area contributed by atoms with Crippen molar-refractivity contribution in [1.29, 1.82) is 0 Å². The molecular formula is C27H29BrN2O3. The summed E-state index contributed by atoms with van der Waals surface area (Å²) in [5.74, 6) is 0.276. The molecule has 2 N–H and O–H groups in total. The average Bonchev–Trinajstić information content (AvgIpc) is 2.75. The molecular weight excluding hydrogens is 480 g/mol. The van der Waals surface area contributed by atoms with Crippen molar-refractivity contribution >= 4 is 39.1 Å². The van der Waals surface area contributed by atoms with E-state index < -0.39 is 0 Å². The van der Waals surface area contributed by atoms with Crippen molar-refractivity contribution in [2.24, 2.45) is 0 Å². The van der Waals surface area contributed by atoms with Crippen molar-refractivity contribution in [3.63, 3.8) is 0 Å². The van der Waals surface area contributed by atoms with Crippen LogP contribution in [0, 0.1) is 0 Å². The Morgan fingerprint density at radius 3 is 1.73 bits per heavy atom. The van der Waals surface area contributed by atoms with Crippen molar-refractivity contribution in [2.45, 2.75) is 46.1 Å². The number of nitrogens with one attached hydrogen (secondary N) is 2. The molecule has 0 saturated carbocycles. The molecule has 5 nitrogen and oxygen atoms in total. The second kappa shape index (κ2) is 10.2. The van der Waals surface area contributed by atoms with Crippen molar-refractivity contribution in [1.82, 2.24) is 0 Å². The van der Waals surface area contributed by atoms with E-state index in [1.807, 2.05) is 38.1 Å². The molecule has 172 valence electrons. The van der Waals surface area contributed by atoms with E-state index in [9.17, 15) is 9.59 Å². The lowest BCUT2D eigenvalue weighted by Crippen LogP contribution is -2.14. The first kappa shape index (κ1) is 24.5. The number of rotatable bonds is 6.